The molecule has 4 N–H and O–H groups in total. The van der Waals surface area contributed by atoms with E-state index in [1.165, 1.54) is 0 Å². The number of nitrogens with one attached hydrogen (secondary N) is 3. The van der Waals surface area contributed by atoms with Gasteiger partial charge in [-0.2, -0.15) is 9.61 Å². The molecule has 0 saturated carbocycles. The van der Waals surface area contributed by atoms with Crippen molar-refractivity contribution < 1.29 is 5.11 Å². The van der Waals surface area contributed by atoms with Gasteiger partial charge in [-0.1, -0.05) is 13.8 Å². The van der Waals surface area contributed by atoms with Crippen molar-refractivity contribution >= 4 is 17.3 Å². The highest BCUT2D eigenvalue weighted by Gasteiger charge is 2.23. The molecule has 148 valence electrons. The number of anilines is 2. The number of aromatic nitrogens is 4. The number of nitrogens with zero attached hydrogens (tertiary/aromatic N) is 4. The molecule has 8 heteroatoms. The van der Waals surface area contributed by atoms with Crippen LogP contribution in [0, 0.1) is 0 Å². The minimum Gasteiger partial charge on any atom is -0.391 e. The van der Waals surface area contributed by atoms with Crippen molar-refractivity contribution in [3.05, 3.63) is 47.9 Å². The third-order valence-corrected chi connectivity index (χ3v) is 5.12. The maximum Gasteiger partial charge on any atom is 0.163 e. The van der Waals surface area contributed by atoms with Crippen LogP contribution in [-0.2, 0) is 6.54 Å². The summed E-state index contributed by atoms with van der Waals surface area (Å²) in [5, 5.41) is 25.0. The molecule has 0 aromatic carbocycles. The van der Waals surface area contributed by atoms with Gasteiger partial charge in [0.1, 0.15) is 11.6 Å². The molecule has 3 aromatic heterocycles. The lowest BCUT2D eigenvalue weighted by atomic mass is 10.0. The molecule has 2 atom stereocenters. The molecule has 28 heavy (non-hydrogen) atoms. The first-order valence-electron chi connectivity index (χ1n) is 9.78. The lowest BCUT2D eigenvalue weighted by molar-refractivity contribution is 0.124. The quantitative estimate of drug-likeness (QED) is 0.518. The van der Waals surface area contributed by atoms with Gasteiger partial charge in [-0.15, -0.1) is 0 Å². The summed E-state index contributed by atoms with van der Waals surface area (Å²) in [4.78, 5) is 8.87. The average molecular weight is 381 g/mol. The Kier molecular flexibility index (Phi) is 5.40. The van der Waals surface area contributed by atoms with E-state index in [-0.39, 0.29) is 12.1 Å². The number of aliphatic hydroxyl groups is 1. The van der Waals surface area contributed by atoms with Crippen LogP contribution in [0.1, 0.15) is 37.3 Å². The number of aliphatic hydroxyl groups excluding tert-OH is 1. The first kappa shape index (κ1) is 18.6. The van der Waals surface area contributed by atoms with Gasteiger partial charge < -0.3 is 21.1 Å². The summed E-state index contributed by atoms with van der Waals surface area (Å²) >= 11 is 0. The second kappa shape index (κ2) is 8.12. The van der Waals surface area contributed by atoms with Crippen LogP contribution in [0.3, 0.4) is 0 Å². The van der Waals surface area contributed by atoms with E-state index < -0.39 is 0 Å². The van der Waals surface area contributed by atoms with Crippen LogP contribution in [0.2, 0.25) is 0 Å². The molecule has 1 saturated heterocycles. The number of hydrogen-bond acceptors (Lipinski definition) is 7. The minimum absolute atomic E-state index is 0.0674. The normalized spacial score (nSPS) is 19.9. The molecule has 0 amide bonds. The second-order valence-electron chi connectivity index (χ2n) is 7.54. The minimum atomic E-state index is -0.387. The Hall–Kier alpha value is -2.71. The molecule has 4 rings (SSSR count). The first-order valence-corrected chi connectivity index (χ1v) is 9.78. The van der Waals surface area contributed by atoms with Gasteiger partial charge in [0.2, 0.25) is 0 Å². The largest absolute Gasteiger partial charge is 0.391 e. The van der Waals surface area contributed by atoms with Gasteiger partial charge >= 0.3 is 0 Å². The molecule has 0 radical (unpaired) electrons. The monoisotopic (exact) mass is 381 g/mol. The van der Waals surface area contributed by atoms with E-state index in [9.17, 15) is 5.11 Å². The molecule has 3 aromatic rings. The Balaban J connectivity index is 1.65. The fourth-order valence-corrected chi connectivity index (χ4v) is 3.46. The van der Waals surface area contributed by atoms with Gasteiger partial charge in [0.25, 0.3) is 0 Å². The molecule has 1 aliphatic heterocycles. The predicted octanol–water partition coefficient (Wildman–Crippen LogP) is 1.99. The smallest absolute Gasteiger partial charge is 0.163 e. The van der Waals surface area contributed by atoms with Crippen LogP contribution in [0.4, 0.5) is 11.6 Å². The molecule has 0 unspecified atom stereocenters. The van der Waals surface area contributed by atoms with E-state index in [1.54, 1.807) is 12.4 Å². The highest BCUT2D eigenvalue weighted by atomic mass is 16.3. The molecular weight excluding hydrogens is 354 g/mol. The van der Waals surface area contributed by atoms with E-state index in [4.69, 9.17) is 4.98 Å². The summed E-state index contributed by atoms with van der Waals surface area (Å²) in [5.74, 6) is 1.91. The molecule has 8 nitrogen and oxygen atoms in total. The van der Waals surface area contributed by atoms with E-state index in [0.717, 1.165) is 41.4 Å². The van der Waals surface area contributed by atoms with Crippen LogP contribution in [0.5, 0.6) is 0 Å². The Labute approximate surface area is 164 Å². The lowest BCUT2D eigenvalue weighted by Crippen LogP contribution is -2.48. The zero-order chi connectivity index (χ0) is 19.5. The van der Waals surface area contributed by atoms with Crippen molar-refractivity contribution in [2.24, 2.45) is 0 Å². The standard InChI is InChI=1S/C20H27N7O/c1-13(2)15-11-24-27-19(23-10-14-3-6-21-7-4-14)9-18(26-20(15)27)25-16-12-22-8-5-17(16)28/h3-4,6-7,9,11,13,16-17,22-23,28H,5,8,10,12H2,1-2H3,(H,25,26)/t16-,17-/m1/s1. The van der Waals surface area contributed by atoms with Crippen molar-refractivity contribution in [3.63, 3.8) is 0 Å². The summed E-state index contributed by atoms with van der Waals surface area (Å²) in [6.45, 7) is 6.48. The van der Waals surface area contributed by atoms with E-state index in [0.29, 0.717) is 19.0 Å². The van der Waals surface area contributed by atoms with Gasteiger partial charge in [-0.3, -0.25) is 4.98 Å². The van der Waals surface area contributed by atoms with E-state index in [1.807, 2.05) is 28.9 Å². The lowest BCUT2D eigenvalue weighted by Gasteiger charge is -2.29. The Bertz CT molecular complexity index is 925. The van der Waals surface area contributed by atoms with Gasteiger partial charge in [0, 0.05) is 37.1 Å². The summed E-state index contributed by atoms with van der Waals surface area (Å²) in [6, 6.07) is 5.85. The van der Waals surface area contributed by atoms with Crippen molar-refractivity contribution in [1.29, 1.82) is 0 Å². The fourth-order valence-electron chi connectivity index (χ4n) is 3.46. The van der Waals surface area contributed by atoms with Crippen LogP contribution in [0.25, 0.3) is 5.65 Å². The van der Waals surface area contributed by atoms with Gasteiger partial charge in [0.05, 0.1) is 18.3 Å². The number of fused-ring (bicyclic) bond motifs is 1. The predicted molar refractivity (Wildman–Crippen MR) is 110 cm³/mol. The maximum absolute atomic E-state index is 10.3. The molecule has 0 spiro atoms. The van der Waals surface area contributed by atoms with Crippen LogP contribution < -0.4 is 16.0 Å². The van der Waals surface area contributed by atoms with E-state index in [2.05, 4.69) is 39.9 Å². The SMILES string of the molecule is CC(C)c1cnn2c(NCc3ccncc3)cc(N[C@@H]3CNCC[C@H]3O)nc12. The van der Waals surface area contributed by atoms with Gasteiger partial charge in [-0.25, -0.2) is 4.98 Å². The third kappa shape index (κ3) is 3.93. The third-order valence-electron chi connectivity index (χ3n) is 5.12. The summed E-state index contributed by atoms with van der Waals surface area (Å²) in [7, 11) is 0. The molecule has 1 aliphatic rings. The fraction of sp³-hybridized carbons (Fsp3) is 0.450. The average Bonchev–Trinajstić information content (AvgIpc) is 3.13. The van der Waals surface area contributed by atoms with Crippen LogP contribution in [-0.4, -0.2) is 49.9 Å². The zero-order valence-corrected chi connectivity index (χ0v) is 16.3. The number of rotatable bonds is 6. The Morgan fingerprint density at radius 1 is 1.32 bits per heavy atom. The topological polar surface area (TPSA) is 99.4 Å². The van der Waals surface area contributed by atoms with Crippen molar-refractivity contribution in [3.8, 4) is 0 Å². The summed E-state index contributed by atoms with van der Waals surface area (Å²) < 4.78 is 1.84. The second-order valence-corrected chi connectivity index (χ2v) is 7.54. The van der Waals surface area contributed by atoms with Gasteiger partial charge in [0.15, 0.2) is 5.65 Å². The highest BCUT2D eigenvalue weighted by Crippen LogP contribution is 2.25. The number of piperidine rings is 1. The number of hydrogen-bond donors (Lipinski definition) is 4. The van der Waals surface area contributed by atoms with Crippen molar-refractivity contribution in [2.75, 3.05) is 23.7 Å². The maximum atomic E-state index is 10.3. The highest BCUT2D eigenvalue weighted by molar-refractivity contribution is 5.61. The number of pyridine rings is 1. The van der Waals surface area contributed by atoms with Crippen molar-refractivity contribution in [1.82, 2.24) is 24.9 Å². The molecule has 0 aliphatic carbocycles. The molecule has 1 fully saturated rings. The van der Waals surface area contributed by atoms with Crippen LogP contribution in [0.15, 0.2) is 36.8 Å². The molecular formula is C20H27N7O. The Morgan fingerprint density at radius 2 is 2.14 bits per heavy atom. The summed E-state index contributed by atoms with van der Waals surface area (Å²) in [5.41, 5.74) is 3.06. The summed E-state index contributed by atoms with van der Waals surface area (Å²) in [6.07, 6.45) is 5.80. The van der Waals surface area contributed by atoms with Gasteiger partial charge in [-0.05, 0) is 36.6 Å². The van der Waals surface area contributed by atoms with E-state index >= 15 is 0 Å². The van der Waals surface area contributed by atoms with Crippen LogP contribution >= 0.6 is 0 Å². The molecule has 0 bridgehead atoms. The Morgan fingerprint density at radius 3 is 2.89 bits per heavy atom. The first-order chi connectivity index (χ1) is 13.6. The zero-order valence-electron chi connectivity index (χ0n) is 16.3. The molecule has 4 heterocycles. The van der Waals surface area contributed by atoms with Crippen molar-refractivity contribution in [2.45, 2.75) is 44.9 Å².